The van der Waals surface area contributed by atoms with E-state index in [4.69, 9.17) is 11.3 Å². The summed E-state index contributed by atoms with van der Waals surface area (Å²) in [6, 6.07) is 17.4. The second-order valence-electron chi connectivity index (χ2n) is 9.23. The topological polar surface area (TPSA) is 57.9 Å². The predicted octanol–water partition coefficient (Wildman–Crippen LogP) is 5.02. The first kappa shape index (κ1) is 23.7. The van der Waals surface area contributed by atoms with Crippen molar-refractivity contribution in [3.05, 3.63) is 94.3 Å². The number of unbranched alkanes of at least 4 members (excludes halogenated alkanes) is 1. The van der Waals surface area contributed by atoms with Crippen LogP contribution in [0.4, 0.5) is 11.4 Å². The largest absolute Gasteiger partial charge is 0.497 e. The zero-order chi connectivity index (χ0) is 24.9. The lowest BCUT2D eigenvalue weighted by Crippen LogP contribution is -2.46. The van der Waals surface area contributed by atoms with E-state index in [1.54, 1.807) is 23.9 Å². The lowest BCUT2D eigenvalue weighted by molar-refractivity contribution is 0.253. The molecule has 2 aromatic carbocycles. The molecule has 36 heavy (non-hydrogen) atoms. The van der Waals surface area contributed by atoms with Gasteiger partial charge in [0.05, 0.1) is 13.7 Å². The van der Waals surface area contributed by atoms with E-state index in [1.165, 1.54) is 29.1 Å². The predicted molar refractivity (Wildman–Crippen MR) is 145 cm³/mol. The van der Waals surface area contributed by atoms with Crippen LogP contribution in [0.25, 0.3) is 21.4 Å². The molecule has 0 unspecified atom stereocenters. The minimum Gasteiger partial charge on any atom is -0.497 e. The number of hydrogen-bond acceptors (Lipinski definition) is 4. The maximum absolute atomic E-state index is 12.3. The lowest BCUT2D eigenvalue weighted by atomic mass is 10.1. The smallest absolute Gasteiger partial charge is 0.258 e. The number of aryl methyl sites for hydroxylation is 1. The molecule has 3 heterocycles. The van der Waals surface area contributed by atoms with Crippen LogP contribution in [-0.4, -0.2) is 54.3 Å². The van der Waals surface area contributed by atoms with Gasteiger partial charge in [0.2, 0.25) is 0 Å². The minimum absolute atomic E-state index is 0.103. The van der Waals surface area contributed by atoms with Gasteiger partial charge in [-0.2, -0.15) is 0 Å². The number of nitrogens with zero attached hydrogens (tertiary/aromatic N) is 4. The Morgan fingerprint density at radius 1 is 0.972 bits per heavy atom. The molecule has 0 bridgehead atoms. The summed E-state index contributed by atoms with van der Waals surface area (Å²) >= 11 is 0. The van der Waals surface area contributed by atoms with Crippen LogP contribution in [0.2, 0.25) is 0 Å². The normalized spacial score (nSPS) is 14.2. The molecule has 0 amide bonds. The van der Waals surface area contributed by atoms with Gasteiger partial charge in [-0.1, -0.05) is 6.07 Å². The van der Waals surface area contributed by atoms with Crippen LogP contribution in [0.15, 0.2) is 71.8 Å². The van der Waals surface area contributed by atoms with E-state index in [0.29, 0.717) is 11.4 Å². The molecule has 1 fully saturated rings. The van der Waals surface area contributed by atoms with Gasteiger partial charge in [-0.05, 0) is 79.2 Å². The highest BCUT2D eigenvalue weighted by molar-refractivity contribution is 5.86. The minimum atomic E-state index is -0.103. The van der Waals surface area contributed by atoms with Crippen molar-refractivity contribution in [1.82, 2.24) is 14.5 Å². The molecule has 0 aliphatic carbocycles. The molecule has 184 valence electrons. The second kappa shape index (κ2) is 10.7. The quantitative estimate of drug-likeness (QED) is 0.284. The summed E-state index contributed by atoms with van der Waals surface area (Å²) in [7, 11) is 1.56. The summed E-state index contributed by atoms with van der Waals surface area (Å²) < 4.78 is 6.76. The van der Waals surface area contributed by atoms with Crippen LogP contribution in [-0.2, 0) is 6.42 Å². The van der Waals surface area contributed by atoms with Crippen molar-refractivity contribution in [2.75, 3.05) is 44.7 Å². The van der Waals surface area contributed by atoms with Gasteiger partial charge in [0.15, 0.2) is 5.69 Å². The SMILES string of the molecule is [C-]#[N+]c1ccc2[nH]cc(CCCCN3CCN(c4ccc(-n5ccc(OC)cc5=O)cc4)CC3)c2c1. The van der Waals surface area contributed by atoms with Gasteiger partial charge in [0.25, 0.3) is 5.56 Å². The lowest BCUT2D eigenvalue weighted by Gasteiger charge is -2.36. The van der Waals surface area contributed by atoms with Gasteiger partial charge in [-0.3, -0.25) is 14.3 Å². The number of rotatable bonds is 8. The number of fused-ring (bicyclic) bond motifs is 1. The Morgan fingerprint density at radius 2 is 1.75 bits per heavy atom. The zero-order valence-electron chi connectivity index (χ0n) is 20.6. The van der Waals surface area contributed by atoms with Crippen LogP contribution >= 0.6 is 0 Å². The number of ether oxygens (including phenoxy) is 1. The molecule has 7 heteroatoms. The summed E-state index contributed by atoms with van der Waals surface area (Å²) in [6.45, 7) is 12.5. The van der Waals surface area contributed by atoms with Crippen molar-refractivity contribution in [2.45, 2.75) is 19.3 Å². The summed E-state index contributed by atoms with van der Waals surface area (Å²) in [6.07, 6.45) is 7.18. The van der Waals surface area contributed by atoms with Gasteiger partial charge in [-0.15, -0.1) is 0 Å². The van der Waals surface area contributed by atoms with Crippen LogP contribution in [0.3, 0.4) is 0 Å². The highest BCUT2D eigenvalue weighted by Gasteiger charge is 2.17. The van der Waals surface area contributed by atoms with Crippen LogP contribution < -0.4 is 15.2 Å². The number of hydrogen-bond donors (Lipinski definition) is 1. The molecule has 2 aromatic heterocycles. The van der Waals surface area contributed by atoms with Crippen molar-refractivity contribution in [1.29, 1.82) is 0 Å². The first-order chi connectivity index (χ1) is 17.6. The third-order valence-electron chi connectivity index (χ3n) is 7.04. The monoisotopic (exact) mass is 481 g/mol. The number of aromatic nitrogens is 2. The molecule has 0 atom stereocenters. The third kappa shape index (κ3) is 5.14. The van der Waals surface area contributed by atoms with Crippen LogP contribution in [0, 0.1) is 6.57 Å². The molecule has 0 radical (unpaired) electrons. The Morgan fingerprint density at radius 3 is 2.47 bits per heavy atom. The van der Waals surface area contributed by atoms with E-state index in [1.807, 2.05) is 30.3 Å². The van der Waals surface area contributed by atoms with Crippen LogP contribution in [0.5, 0.6) is 5.75 Å². The Labute approximate surface area is 211 Å². The average molecular weight is 482 g/mol. The molecule has 0 spiro atoms. The second-order valence-corrected chi connectivity index (χ2v) is 9.23. The highest BCUT2D eigenvalue weighted by Crippen LogP contribution is 2.25. The molecular weight excluding hydrogens is 450 g/mol. The molecule has 7 nitrogen and oxygen atoms in total. The van der Waals surface area contributed by atoms with Gasteiger partial charge in [0.1, 0.15) is 5.75 Å². The van der Waals surface area contributed by atoms with Gasteiger partial charge >= 0.3 is 0 Å². The Hall–Kier alpha value is -4.02. The molecular formula is C29H31N5O2. The van der Waals surface area contributed by atoms with Crippen LogP contribution in [0.1, 0.15) is 18.4 Å². The summed E-state index contributed by atoms with van der Waals surface area (Å²) in [5.74, 6) is 0.568. The average Bonchev–Trinajstić information content (AvgIpc) is 3.33. The number of anilines is 1. The number of aromatic amines is 1. The molecule has 1 aliphatic heterocycles. The fourth-order valence-corrected chi connectivity index (χ4v) is 4.95. The van der Waals surface area contributed by atoms with E-state index in [-0.39, 0.29) is 5.56 Å². The maximum atomic E-state index is 12.3. The van der Waals surface area contributed by atoms with Crippen molar-refractivity contribution < 1.29 is 4.74 Å². The van der Waals surface area contributed by atoms with Crippen molar-refractivity contribution in [3.8, 4) is 11.4 Å². The van der Waals surface area contributed by atoms with E-state index in [9.17, 15) is 4.79 Å². The number of pyridine rings is 1. The van der Waals surface area contributed by atoms with Gasteiger partial charge in [0, 0.05) is 61.5 Å². The number of methoxy groups -OCH3 is 1. The molecule has 5 rings (SSSR count). The Kier molecular flexibility index (Phi) is 7.06. The third-order valence-corrected chi connectivity index (χ3v) is 7.04. The summed E-state index contributed by atoms with van der Waals surface area (Å²) in [4.78, 5) is 24.2. The van der Waals surface area contributed by atoms with E-state index in [2.05, 4.69) is 38.0 Å². The standard InChI is InChI=1S/C29H31N5O2/c1-30-23-6-11-28-27(19-23)22(21-31-28)5-3-4-13-32-15-17-33(18-16-32)24-7-9-25(10-8-24)34-14-12-26(36-2)20-29(34)35/h6-12,14,19-21,31H,3-5,13,15-18H2,2H3. The fraction of sp³-hybridized carbons (Fsp3) is 0.310. The molecule has 4 aromatic rings. The first-order valence-corrected chi connectivity index (χ1v) is 12.5. The Balaban J connectivity index is 1.09. The summed E-state index contributed by atoms with van der Waals surface area (Å²) in [5, 5.41) is 1.18. The van der Waals surface area contributed by atoms with Crippen molar-refractivity contribution >= 4 is 22.3 Å². The van der Waals surface area contributed by atoms with E-state index >= 15 is 0 Å². The number of benzene rings is 2. The fourth-order valence-electron chi connectivity index (χ4n) is 4.95. The number of piperazine rings is 1. The van der Waals surface area contributed by atoms with E-state index in [0.717, 1.165) is 56.8 Å². The van der Waals surface area contributed by atoms with Crippen molar-refractivity contribution in [2.24, 2.45) is 0 Å². The first-order valence-electron chi connectivity index (χ1n) is 12.5. The molecule has 1 aliphatic rings. The zero-order valence-corrected chi connectivity index (χ0v) is 20.6. The van der Waals surface area contributed by atoms with Gasteiger partial charge in [-0.25, -0.2) is 4.85 Å². The highest BCUT2D eigenvalue weighted by atomic mass is 16.5. The Bertz CT molecular complexity index is 1420. The summed E-state index contributed by atoms with van der Waals surface area (Å²) in [5.41, 5.74) is 5.06. The molecule has 1 saturated heterocycles. The van der Waals surface area contributed by atoms with Crippen molar-refractivity contribution in [3.63, 3.8) is 0 Å². The van der Waals surface area contributed by atoms with Gasteiger partial charge < -0.3 is 14.6 Å². The maximum Gasteiger partial charge on any atom is 0.258 e. The number of nitrogens with one attached hydrogen (secondary N) is 1. The molecule has 1 N–H and O–H groups in total. The molecule has 0 saturated carbocycles. The van der Waals surface area contributed by atoms with E-state index < -0.39 is 0 Å². The number of H-pyrrole nitrogens is 1.